The molecule has 1 atom stereocenters. The smallest absolute Gasteiger partial charge is 0.329 e. The molecule has 0 aromatic heterocycles. The van der Waals surface area contributed by atoms with Crippen LogP contribution in [0, 0.1) is 11.3 Å². The van der Waals surface area contributed by atoms with Crippen molar-refractivity contribution in [3.05, 3.63) is 0 Å². The van der Waals surface area contributed by atoms with Gasteiger partial charge in [0.25, 0.3) is 0 Å². The van der Waals surface area contributed by atoms with Gasteiger partial charge in [-0.3, -0.25) is 4.79 Å². The monoisotopic (exact) mass is 296 g/mol. The summed E-state index contributed by atoms with van der Waals surface area (Å²) in [4.78, 5) is 24.7. The Labute approximate surface area is 126 Å². The first kappa shape index (κ1) is 16.3. The summed E-state index contributed by atoms with van der Waals surface area (Å²) in [5.41, 5.74) is -1.52. The van der Waals surface area contributed by atoms with E-state index in [1.807, 2.05) is 13.8 Å². The highest BCUT2D eigenvalue weighted by Gasteiger charge is 2.48. The van der Waals surface area contributed by atoms with E-state index in [4.69, 9.17) is 0 Å². The fourth-order valence-electron chi connectivity index (χ4n) is 3.73. The molecule has 1 amide bonds. The van der Waals surface area contributed by atoms with Crippen LogP contribution in [0.2, 0.25) is 0 Å². The molecule has 1 aliphatic carbocycles. The maximum atomic E-state index is 12.9. The zero-order valence-corrected chi connectivity index (χ0v) is 13.2. The van der Waals surface area contributed by atoms with Crippen LogP contribution in [0.25, 0.3) is 0 Å². The average Bonchev–Trinajstić information content (AvgIpc) is 2.81. The lowest BCUT2D eigenvalue weighted by Gasteiger charge is -2.37. The van der Waals surface area contributed by atoms with Crippen LogP contribution in [0.1, 0.15) is 58.8 Å². The lowest BCUT2D eigenvalue weighted by molar-refractivity contribution is -0.151. The number of aliphatic carboxylic acids is 1. The highest BCUT2D eigenvalue weighted by molar-refractivity contribution is 5.90. The number of carbonyl (C=O) groups excluding carboxylic acids is 1. The molecule has 3 N–H and O–H groups in total. The Morgan fingerprint density at radius 1 is 1.10 bits per heavy atom. The van der Waals surface area contributed by atoms with E-state index < -0.39 is 16.9 Å². The molecule has 1 heterocycles. The Morgan fingerprint density at radius 2 is 1.71 bits per heavy atom. The molecule has 1 aliphatic heterocycles. The minimum Gasteiger partial charge on any atom is -0.480 e. The third-order valence-corrected chi connectivity index (χ3v) is 5.47. The minimum atomic E-state index is -1.06. The number of carboxylic acids is 1. The van der Waals surface area contributed by atoms with Gasteiger partial charge in [0.15, 0.2) is 0 Å². The molecule has 2 fully saturated rings. The molecule has 5 nitrogen and oxygen atoms in total. The van der Waals surface area contributed by atoms with Gasteiger partial charge < -0.3 is 15.7 Å². The topological polar surface area (TPSA) is 78.4 Å². The van der Waals surface area contributed by atoms with Crippen LogP contribution in [0.15, 0.2) is 0 Å². The summed E-state index contributed by atoms with van der Waals surface area (Å²) in [6.45, 7) is 5.57. The Kier molecular flexibility index (Phi) is 4.91. The normalized spacial score (nSPS) is 29.1. The average molecular weight is 296 g/mol. The van der Waals surface area contributed by atoms with E-state index in [1.165, 1.54) is 0 Å². The molecule has 0 aromatic rings. The first-order chi connectivity index (χ1) is 9.93. The molecule has 2 rings (SSSR count). The maximum absolute atomic E-state index is 12.9. The second-order valence-corrected chi connectivity index (χ2v) is 6.99. The molecular formula is C16H28N2O3. The van der Waals surface area contributed by atoms with Crippen molar-refractivity contribution in [3.63, 3.8) is 0 Å². The number of carbonyl (C=O) groups is 2. The molecule has 1 unspecified atom stereocenters. The van der Waals surface area contributed by atoms with E-state index in [0.717, 1.165) is 38.6 Å². The van der Waals surface area contributed by atoms with E-state index in [-0.39, 0.29) is 11.8 Å². The van der Waals surface area contributed by atoms with Crippen LogP contribution in [-0.2, 0) is 9.59 Å². The zero-order chi connectivity index (χ0) is 15.5. The second-order valence-electron chi connectivity index (χ2n) is 6.99. The van der Waals surface area contributed by atoms with Crippen LogP contribution in [0.4, 0.5) is 0 Å². The highest BCUT2D eigenvalue weighted by Crippen LogP contribution is 2.36. The molecule has 1 saturated heterocycles. The number of amides is 1. The maximum Gasteiger partial charge on any atom is 0.329 e. The molecule has 1 saturated carbocycles. The number of nitrogens with one attached hydrogen (secondary N) is 2. The molecule has 0 spiro atoms. The van der Waals surface area contributed by atoms with Gasteiger partial charge in [0.1, 0.15) is 5.54 Å². The van der Waals surface area contributed by atoms with Crippen LogP contribution in [0.3, 0.4) is 0 Å². The van der Waals surface area contributed by atoms with Crippen LogP contribution < -0.4 is 10.6 Å². The number of rotatable bonds is 4. The molecule has 0 aromatic carbocycles. The van der Waals surface area contributed by atoms with Gasteiger partial charge in [-0.25, -0.2) is 4.79 Å². The summed E-state index contributed by atoms with van der Waals surface area (Å²) in [5.74, 6) is -0.751. The Bertz CT molecular complexity index is 392. The number of hydrogen-bond acceptors (Lipinski definition) is 3. The van der Waals surface area contributed by atoms with Crippen molar-refractivity contribution in [2.24, 2.45) is 11.3 Å². The molecule has 120 valence electrons. The Balaban J connectivity index is 2.19. The highest BCUT2D eigenvalue weighted by atomic mass is 16.4. The summed E-state index contributed by atoms with van der Waals surface area (Å²) in [6.07, 6.45) is 5.75. The number of carboxylic acid groups (broad SMARTS) is 1. The van der Waals surface area contributed by atoms with Crippen LogP contribution >= 0.6 is 0 Å². The van der Waals surface area contributed by atoms with Gasteiger partial charge in [-0.05, 0) is 31.7 Å². The van der Waals surface area contributed by atoms with E-state index >= 15 is 0 Å². The Morgan fingerprint density at radius 3 is 2.14 bits per heavy atom. The third-order valence-electron chi connectivity index (χ3n) is 5.47. The van der Waals surface area contributed by atoms with Crippen molar-refractivity contribution in [1.29, 1.82) is 0 Å². The van der Waals surface area contributed by atoms with Crippen molar-refractivity contribution in [1.82, 2.24) is 10.6 Å². The second kappa shape index (κ2) is 6.34. The van der Waals surface area contributed by atoms with Crippen molar-refractivity contribution >= 4 is 11.9 Å². The summed E-state index contributed by atoms with van der Waals surface area (Å²) >= 11 is 0. The predicted octanol–water partition coefficient (Wildman–Crippen LogP) is 1.92. The molecule has 21 heavy (non-hydrogen) atoms. The minimum absolute atomic E-state index is 0.0770. The summed E-state index contributed by atoms with van der Waals surface area (Å²) in [5, 5.41) is 15.9. The lowest BCUT2D eigenvalue weighted by atomic mass is 9.74. The van der Waals surface area contributed by atoms with E-state index in [0.29, 0.717) is 19.4 Å². The quantitative estimate of drug-likeness (QED) is 0.693. The fraction of sp³-hybridized carbons (Fsp3) is 0.875. The largest absolute Gasteiger partial charge is 0.480 e. The first-order valence-electron chi connectivity index (χ1n) is 8.20. The predicted molar refractivity (Wildman–Crippen MR) is 81.0 cm³/mol. The first-order valence-corrected chi connectivity index (χ1v) is 8.20. The Hall–Kier alpha value is -1.10. The van der Waals surface area contributed by atoms with Crippen molar-refractivity contribution in [2.75, 3.05) is 13.1 Å². The van der Waals surface area contributed by atoms with E-state index in [1.54, 1.807) is 0 Å². The lowest BCUT2D eigenvalue weighted by Crippen LogP contribution is -2.59. The van der Waals surface area contributed by atoms with Crippen LogP contribution in [-0.4, -0.2) is 35.6 Å². The van der Waals surface area contributed by atoms with Gasteiger partial charge in [0.05, 0.1) is 5.41 Å². The SMILES string of the molecule is CC(C)C1(C(=O)NC2(C(=O)O)CCCCCC2)CCNC1. The third kappa shape index (κ3) is 3.07. The van der Waals surface area contributed by atoms with Gasteiger partial charge in [-0.15, -0.1) is 0 Å². The zero-order valence-electron chi connectivity index (χ0n) is 13.2. The van der Waals surface area contributed by atoms with E-state index in [9.17, 15) is 14.7 Å². The van der Waals surface area contributed by atoms with Crippen molar-refractivity contribution in [3.8, 4) is 0 Å². The van der Waals surface area contributed by atoms with Gasteiger partial charge in [0, 0.05) is 6.54 Å². The van der Waals surface area contributed by atoms with Crippen LogP contribution in [0.5, 0.6) is 0 Å². The van der Waals surface area contributed by atoms with Gasteiger partial charge >= 0.3 is 5.97 Å². The van der Waals surface area contributed by atoms with Gasteiger partial charge in [-0.2, -0.15) is 0 Å². The molecule has 2 aliphatic rings. The number of hydrogen-bond donors (Lipinski definition) is 3. The standard InChI is InChI=1S/C16H28N2O3/c1-12(2)15(9-10-17-11-15)13(19)18-16(14(20)21)7-5-3-4-6-8-16/h12,17H,3-11H2,1-2H3,(H,18,19)(H,20,21). The molecule has 5 heteroatoms. The summed E-state index contributed by atoms with van der Waals surface area (Å²) in [6, 6.07) is 0. The molecule has 0 radical (unpaired) electrons. The van der Waals surface area contributed by atoms with Gasteiger partial charge in [-0.1, -0.05) is 39.5 Å². The van der Waals surface area contributed by atoms with Crippen molar-refractivity contribution in [2.45, 2.75) is 64.3 Å². The molecule has 0 bridgehead atoms. The fourth-order valence-corrected chi connectivity index (χ4v) is 3.73. The molecular weight excluding hydrogens is 268 g/mol. The van der Waals surface area contributed by atoms with Gasteiger partial charge in [0.2, 0.25) is 5.91 Å². The summed E-state index contributed by atoms with van der Waals surface area (Å²) < 4.78 is 0. The van der Waals surface area contributed by atoms with Crippen molar-refractivity contribution < 1.29 is 14.7 Å². The van der Waals surface area contributed by atoms with E-state index in [2.05, 4.69) is 10.6 Å². The summed E-state index contributed by atoms with van der Waals surface area (Å²) in [7, 11) is 0.